The van der Waals surface area contributed by atoms with E-state index in [0.29, 0.717) is 5.56 Å². The zero-order valence-corrected chi connectivity index (χ0v) is 8.66. The van der Waals surface area contributed by atoms with Gasteiger partial charge in [-0.25, -0.2) is 0 Å². The fourth-order valence-electron chi connectivity index (χ4n) is 1.73. The SMILES string of the molecule is O=C(c1cccc(OC(F)F)c1)C1CCC1. The predicted octanol–water partition coefficient (Wildman–Crippen LogP) is 3.27. The average Bonchev–Trinajstić information content (AvgIpc) is 2.14. The van der Waals surface area contributed by atoms with Crippen LogP contribution in [0.25, 0.3) is 0 Å². The van der Waals surface area contributed by atoms with Crippen LogP contribution in [0, 0.1) is 5.92 Å². The maximum Gasteiger partial charge on any atom is 0.387 e. The predicted molar refractivity (Wildman–Crippen MR) is 54.7 cm³/mol. The van der Waals surface area contributed by atoms with Crippen molar-refractivity contribution in [3.8, 4) is 5.75 Å². The summed E-state index contributed by atoms with van der Waals surface area (Å²) in [5, 5.41) is 0. The minimum Gasteiger partial charge on any atom is -0.435 e. The van der Waals surface area contributed by atoms with Crippen molar-refractivity contribution < 1.29 is 18.3 Å². The Kier molecular flexibility index (Phi) is 3.17. The lowest BCUT2D eigenvalue weighted by atomic mass is 9.80. The van der Waals surface area contributed by atoms with Crippen LogP contribution in [0.15, 0.2) is 24.3 Å². The van der Waals surface area contributed by atoms with Gasteiger partial charge in [0.1, 0.15) is 5.75 Å². The van der Waals surface area contributed by atoms with E-state index < -0.39 is 6.61 Å². The molecule has 1 aromatic rings. The van der Waals surface area contributed by atoms with Crippen molar-refractivity contribution in [1.29, 1.82) is 0 Å². The molecule has 0 radical (unpaired) electrons. The van der Waals surface area contributed by atoms with Gasteiger partial charge >= 0.3 is 6.61 Å². The largest absolute Gasteiger partial charge is 0.435 e. The first-order chi connectivity index (χ1) is 7.66. The summed E-state index contributed by atoms with van der Waals surface area (Å²) in [5.74, 6) is 0.146. The Morgan fingerprint density at radius 3 is 2.69 bits per heavy atom. The normalized spacial score (nSPS) is 15.9. The number of alkyl halides is 2. The molecule has 0 aliphatic heterocycles. The smallest absolute Gasteiger partial charge is 0.387 e. The number of hydrogen-bond acceptors (Lipinski definition) is 2. The van der Waals surface area contributed by atoms with Gasteiger partial charge in [0.25, 0.3) is 0 Å². The molecule has 1 aliphatic carbocycles. The number of halogens is 2. The Bertz CT molecular complexity index is 386. The molecule has 0 N–H and O–H groups in total. The highest BCUT2D eigenvalue weighted by atomic mass is 19.3. The molecule has 1 saturated carbocycles. The molecule has 0 bridgehead atoms. The summed E-state index contributed by atoms with van der Waals surface area (Å²) >= 11 is 0. The van der Waals surface area contributed by atoms with Crippen LogP contribution < -0.4 is 4.74 Å². The molecule has 0 unspecified atom stereocenters. The fraction of sp³-hybridized carbons (Fsp3) is 0.417. The van der Waals surface area contributed by atoms with Crippen molar-refractivity contribution in [1.82, 2.24) is 0 Å². The van der Waals surface area contributed by atoms with E-state index in [0.717, 1.165) is 19.3 Å². The molecule has 0 heterocycles. The van der Waals surface area contributed by atoms with Gasteiger partial charge in [-0.1, -0.05) is 18.6 Å². The van der Waals surface area contributed by atoms with E-state index in [9.17, 15) is 13.6 Å². The molecule has 0 spiro atoms. The summed E-state index contributed by atoms with van der Waals surface area (Å²) in [6, 6.07) is 6.00. The van der Waals surface area contributed by atoms with E-state index in [4.69, 9.17) is 0 Å². The highest BCUT2D eigenvalue weighted by molar-refractivity contribution is 5.98. The van der Waals surface area contributed by atoms with Crippen molar-refractivity contribution in [2.75, 3.05) is 0 Å². The van der Waals surface area contributed by atoms with Crippen molar-refractivity contribution in [3.63, 3.8) is 0 Å². The van der Waals surface area contributed by atoms with E-state index in [2.05, 4.69) is 4.74 Å². The van der Waals surface area contributed by atoms with Crippen LogP contribution in [0.5, 0.6) is 5.75 Å². The maximum absolute atomic E-state index is 12.0. The van der Waals surface area contributed by atoms with Crippen LogP contribution in [0.1, 0.15) is 29.6 Å². The van der Waals surface area contributed by atoms with Gasteiger partial charge in [0.15, 0.2) is 5.78 Å². The van der Waals surface area contributed by atoms with E-state index in [1.54, 1.807) is 12.1 Å². The van der Waals surface area contributed by atoms with Crippen LogP contribution in [-0.4, -0.2) is 12.4 Å². The Hall–Kier alpha value is -1.45. The highest BCUT2D eigenvalue weighted by Gasteiger charge is 2.26. The molecular weight excluding hydrogens is 214 g/mol. The first-order valence-corrected chi connectivity index (χ1v) is 5.26. The van der Waals surface area contributed by atoms with Gasteiger partial charge in [-0.15, -0.1) is 0 Å². The Morgan fingerprint density at radius 1 is 1.38 bits per heavy atom. The fourth-order valence-corrected chi connectivity index (χ4v) is 1.73. The summed E-state index contributed by atoms with van der Waals surface area (Å²) < 4.78 is 28.2. The monoisotopic (exact) mass is 226 g/mol. The zero-order chi connectivity index (χ0) is 11.5. The third-order valence-electron chi connectivity index (χ3n) is 2.82. The summed E-state index contributed by atoms with van der Waals surface area (Å²) in [5.41, 5.74) is 0.461. The van der Waals surface area contributed by atoms with Crippen molar-refractivity contribution in [3.05, 3.63) is 29.8 Å². The Balaban J connectivity index is 2.11. The van der Waals surface area contributed by atoms with Gasteiger partial charge in [0, 0.05) is 11.5 Å². The van der Waals surface area contributed by atoms with Gasteiger partial charge < -0.3 is 4.74 Å². The van der Waals surface area contributed by atoms with Crippen LogP contribution in [0.3, 0.4) is 0 Å². The number of ether oxygens (including phenoxy) is 1. The number of hydrogen-bond donors (Lipinski definition) is 0. The van der Waals surface area contributed by atoms with Gasteiger partial charge in [-0.2, -0.15) is 8.78 Å². The van der Waals surface area contributed by atoms with Gasteiger partial charge in [-0.3, -0.25) is 4.79 Å². The van der Waals surface area contributed by atoms with Gasteiger partial charge in [0.05, 0.1) is 0 Å². The average molecular weight is 226 g/mol. The van der Waals surface area contributed by atoms with Crippen molar-refractivity contribution >= 4 is 5.78 Å². The van der Waals surface area contributed by atoms with Crippen molar-refractivity contribution in [2.24, 2.45) is 5.92 Å². The Labute approximate surface area is 92.2 Å². The summed E-state index contributed by atoms with van der Waals surface area (Å²) in [6.07, 6.45) is 2.88. The molecule has 0 amide bonds. The molecule has 0 saturated heterocycles. The molecular formula is C12H12F2O2. The third kappa shape index (κ3) is 2.38. The van der Waals surface area contributed by atoms with Gasteiger partial charge in [-0.05, 0) is 25.0 Å². The number of ketones is 1. The molecule has 2 rings (SSSR count). The summed E-state index contributed by atoms with van der Waals surface area (Å²) in [4.78, 5) is 11.8. The van der Waals surface area contributed by atoms with E-state index in [1.165, 1.54) is 12.1 Å². The number of carbonyl (C=O) groups is 1. The van der Waals surface area contributed by atoms with Crippen LogP contribution in [0.2, 0.25) is 0 Å². The van der Waals surface area contributed by atoms with Gasteiger partial charge in [0.2, 0.25) is 0 Å². The number of carbonyl (C=O) groups excluding carboxylic acids is 1. The number of benzene rings is 1. The van der Waals surface area contributed by atoms with Crippen LogP contribution >= 0.6 is 0 Å². The lowest BCUT2D eigenvalue weighted by Gasteiger charge is -2.23. The maximum atomic E-state index is 12.0. The van der Waals surface area contributed by atoms with E-state index >= 15 is 0 Å². The molecule has 86 valence electrons. The number of rotatable bonds is 4. The molecule has 1 fully saturated rings. The second-order valence-electron chi connectivity index (χ2n) is 3.90. The van der Waals surface area contributed by atoms with E-state index in [-0.39, 0.29) is 17.5 Å². The molecule has 0 aromatic heterocycles. The zero-order valence-electron chi connectivity index (χ0n) is 8.66. The lowest BCUT2D eigenvalue weighted by Crippen LogP contribution is -2.21. The molecule has 0 atom stereocenters. The Morgan fingerprint density at radius 2 is 2.12 bits per heavy atom. The quantitative estimate of drug-likeness (QED) is 0.736. The first kappa shape index (κ1) is 11.0. The standard InChI is InChI=1S/C12H12F2O2/c13-12(14)16-10-6-2-5-9(7-10)11(15)8-3-1-4-8/h2,5-8,12H,1,3-4H2. The van der Waals surface area contributed by atoms with Crippen molar-refractivity contribution in [2.45, 2.75) is 25.9 Å². The number of Topliss-reactive ketones (excluding diaryl/α,β-unsaturated/α-hetero) is 1. The molecule has 1 aliphatic rings. The van der Waals surface area contributed by atoms with Crippen LogP contribution in [0.4, 0.5) is 8.78 Å². The molecule has 4 heteroatoms. The summed E-state index contributed by atoms with van der Waals surface area (Å²) in [6.45, 7) is -2.85. The molecule has 1 aromatic carbocycles. The topological polar surface area (TPSA) is 26.3 Å². The minimum absolute atomic E-state index is 0.0333. The lowest BCUT2D eigenvalue weighted by molar-refractivity contribution is -0.0498. The van der Waals surface area contributed by atoms with Crippen LogP contribution in [-0.2, 0) is 0 Å². The molecule has 2 nitrogen and oxygen atoms in total. The second-order valence-corrected chi connectivity index (χ2v) is 3.90. The first-order valence-electron chi connectivity index (χ1n) is 5.26. The van der Waals surface area contributed by atoms with E-state index in [1.807, 2.05) is 0 Å². The summed E-state index contributed by atoms with van der Waals surface area (Å²) in [7, 11) is 0. The minimum atomic E-state index is -2.85. The highest BCUT2D eigenvalue weighted by Crippen LogP contribution is 2.30. The second kappa shape index (κ2) is 4.60. The molecule has 16 heavy (non-hydrogen) atoms. The third-order valence-corrected chi connectivity index (χ3v) is 2.82.